The molecule has 1 saturated carbocycles. The number of carboxylic acids is 1. The lowest BCUT2D eigenvalue weighted by Crippen LogP contribution is -2.51. The van der Waals surface area contributed by atoms with Crippen LogP contribution in [-0.2, 0) is 6.18 Å². The minimum Gasteiger partial charge on any atom is -0.478 e. The number of rotatable bonds is 4. The molecular weight excluding hydrogens is 463 g/mol. The van der Waals surface area contributed by atoms with Crippen LogP contribution in [0.5, 0.6) is 0 Å². The molecule has 4 aromatic carbocycles. The number of nitrogens with one attached hydrogen (secondary N) is 1. The van der Waals surface area contributed by atoms with Crippen LogP contribution < -0.4 is 5.32 Å². The molecule has 182 valence electrons. The summed E-state index contributed by atoms with van der Waals surface area (Å²) in [6, 6.07) is 22.4. The van der Waals surface area contributed by atoms with E-state index in [1.54, 1.807) is 12.1 Å². The van der Waals surface area contributed by atoms with E-state index in [-0.39, 0.29) is 5.56 Å². The molecule has 0 radical (unpaired) electrons. The van der Waals surface area contributed by atoms with E-state index in [1.807, 2.05) is 18.2 Å². The van der Waals surface area contributed by atoms with Crippen molar-refractivity contribution in [2.24, 2.45) is 11.8 Å². The molecule has 36 heavy (non-hydrogen) atoms. The van der Waals surface area contributed by atoms with E-state index in [0.29, 0.717) is 23.3 Å². The second-order valence-electron chi connectivity index (χ2n) is 9.90. The van der Waals surface area contributed by atoms with Crippen LogP contribution in [0.1, 0.15) is 33.8 Å². The second kappa shape index (κ2) is 8.49. The van der Waals surface area contributed by atoms with Crippen molar-refractivity contribution in [2.75, 3.05) is 13.1 Å². The maximum absolute atomic E-state index is 12.9. The first kappa shape index (κ1) is 22.8. The Morgan fingerprint density at radius 2 is 1.44 bits per heavy atom. The lowest BCUT2D eigenvalue weighted by Gasteiger charge is -2.50. The van der Waals surface area contributed by atoms with Crippen molar-refractivity contribution in [1.82, 2.24) is 5.32 Å². The Bertz CT molecular complexity index is 1450. The van der Waals surface area contributed by atoms with Gasteiger partial charge in [0.2, 0.25) is 0 Å². The van der Waals surface area contributed by atoms with Gasteiger partial charge >= 0.3 is 12.1 Å². The van der Waals surface area contributed by atoms with Crippen LogP contribution in [0.4, 0.5) is 13.2 Å². The number of hydrogen-bond acceptors (Lipinski definition) is 2. The summed E-state index contributed by atoms with van der Waals surface area (Å²) in [4.78, 5) is 11.9. The van der Waals surface area contributed by atoms with Crippen LogP contribution in [-0.4, -0.2) is 24.2 Å². The maximum atomic E-state index is 12.9. The zero-order valence-electron chi connectivity index (χ0n) is 19.3. The highest BCUT2D eigenvalue weighted by atomic mass is 19.4. The largest absolute Gasteiger partial charge is 0.478 e. The van der Waals surface area contributed by atoms with Crippen molar-refractivity contribution in [3.05, 3.63) is 95.6 Å². The fourth-order valence-electron chi connectivity index (χ4n) is 5.94. The third kappa shape index (κ3) is 3.95. The molecule has 2 aliphatic rings. The summed E-state index contributed by atoms with van der Waals surface area (Å²) < 4.78 is 38.8. The highest BCUT2D eigenvalue weighted by Crippen LogP contribution is 2.49. The Balaban J connectivity index is 1.38. The van der Waals surface area contributed by atoms with Gasteiger partial charge in [0, 0.05) is 0 Å². The molecule has 0 spiro atoms. The summed E-state index contributed by atoms with van der Waals surface area (Å²) in [7, 11) is 0. The number of aromatic carboxylic acids is 1. The molecule has 1 heterocycles. The lowest BCUT2D eigenvalue weighted by molar-refractivity contribution is -0.137. The number of fused-ring (bicyclic) bond motifs is 3. The average molecular weight is 488 g/mol. The van der Waals surface area contributed by atoms with Crippen LogP contribution in [0.3, 0.4) is 0 Å². The monoisotopic (exact) mass is 487 g/mol. The van der Waals surface area contributed by atoms with Crippen molar-refractivity contribution in [1.29, 1.82) is 0 Å². The number of piperidine rings is 2. The van der Waals surface area contributed by atoms with Gasteiger partial charge < -0.3 is 10.4 Å². The minimum absolute atomic E-state index is 0.172. The molecule has 2 N–H and O–H groups in total. The van der Waals surface area contributed by atoms with E-state index in [1.165, 1.54) is 24.1 Å². The topological polar surface area (TPSA) is 49.3 Å². The molecule has 3 atom stereocenters. The van der Waals surface area contributed by atoms with Gasteiger partial charge in [-0.3, -0.25) is 0 Å². The molecule has 0 amide bonds. The number of hydrogen-bond donors (Lipinski definition) is 2. The molecule has 3 nitrogen and oxygen atoms in total. The molecule has 6 heteroatoms. The van der Waals surface area contributed by atoms with Gasteiger partial charge in [-0.25, -0.2) is 4.79 Å². The molecule has 2 fully saturated rings. The fraction of sp³-hybridized carbons (Fsp3) is 0.233. The van der Waals surface area contributed by atoms with E-state index in [4.69, 9.17) is 0 Å². The molecule has 1 saturated heterocycles. The van der Waals surface area contributed by atoms with E-state index < -0.39 is 17.7 Å². The van der Waals surface area contributed by atoms with Crippen molar-refractivity contribution in [3.8, 4) is 22.3 Å². The number of alkyl halides is 3. The molecule has 1 unspecified atom stereocenters. The van der Waals surface area contributed by atoms with E-state index >= 15 is 0 Å². The van der Waals surface area contributed by atoms with Crippen LogP contribution in [0.15, 0.2) is 78.9 Å². The van der Waals surface area contributed by atoms with E-state index in [2.05, 4.69) is 29.6 Å². The lowest BCUT2D eigenvalue weighted by atomic mass is 9.59. The highest BCUT2D eigenvalue weighted by Gasteiger charge is 2.44. The first-order chi connectivity index (χ1) is 17.3. The highest BCUT2D eigenvalue weighted by molar-refractivity contribution is 6.04. The fourth-order valence-corrected chi connectivity index (χ4v) is 5.94. The zero-order valence-corrected chi connectivity index (χ0v) is 19.3. The zero-order chi connectivity index (χ0) is 25.0. The number of benzene rings is 4. The summed E-state index contributed by atoms with van der Waals surface area (Å²) in [5.41, 5.74) is 3.94. The summed E-state index contributed by atoms with van der Waals surface area (Å²) >= 11 is 0. The predicted molar refractivity (Wildman–Crippen MR) is 134 cm³/mol. The van der Waals surface area contributed by atoms with Gasteiger partial charge in [-0.05, 0) is 106 Å². The maximum Gasteiger partial charge on any atom is 0.416 e. The summed E-state index contributed by atoms with van der Waals surface area (Å²) in [5.74, 6) is 0.946. The normalized spacial score (nSPS) is 21.2. The molecule has 0 aromatic heterocycles. The van der Waals surface area contributed by atoms with Crippen molar-refractivity contribution in [3.63, 3.8) is 0 Å². The summed E-state index contributed by atoms with van der Waals surface area (Å²) in [6.45, 7) is 2.13. The van der Waals surface area contributed by atoms with Crippen LogP contribution in [0, 0.1) is 11.8 Å². The Morgan fingerprint density at radius 3 is 2.06 bits per heavy atom. The van der Waals surface area contributed by atoms with Crippen molar-refractivity contribution >= 4 is 16.7 Å². The van der Waals surface area contributed by atoms with Gasteiger partial charge in [0.05, 0.1) is 11.1 Å². The molecule has 2 bridgehead atoms. The third-order valence-corrected chi connectivity index (χ3v) is 7.79. The van der Waals surface area contributed by atoms with E-state index in [0.717, 1.165) is 52.7 Å². The molecular formula is C30H24F3NO2. The second-order valence-corrected chi connectivity index (χ2v) is 9.90. The first-order valence-corrected chi connectivity index (χ1v) is 12.1. The van der Waals surface area contributed by atoms with Crippen LogP contribution in [0.2, 0.25) is 0 Å². The van der Waals surface area contributed by atoms with Crippen LogP contribution in [0.25, 0.3) is 33.0 Å². The number of carbonyl (C=O) groups is 1. The molecule has 1 aliphatic heterocycles. The van der Waals surface area contributed by atoms with E-state index in [9.17, 15) is 23.1 Å². The Morgan fingerprint density at radius 1 is 0.806 bits per heavy atom. The number of halogens is 3. The van der Waals surface area contributed by atoms with Gasteiger partial charge in [-0.15, -0.1) is 0 Å². The molecule has 4 aromatic rings. The Kier molecular flexibility index (Phi) is 5.38. The van der Waals surface area contributed by atoms with Crippen molar-refractivity contribution < 1.29 is 23.1 Å². The van der Waals surface area contributed by atoms with Gasteiger partial charge in [0.15, 0.2) is 0 Å². The van der Waals surface area contributed by atoms with Gasteiger partial charge in [0.25, 0.3) is 0 Å². The minimum atomic E-state index is -4.39. The smallest absolute Gasteiger partial charge is 0.416 e. The molecule has 6 rings (SSSR count). The standard InChI is InChI=1S/C30H24F3NO2/c31-30(32,33)25-8-5-17(6-9-25)20-7-10-26-21(11-20)12-22(29(35)36)14-27(26)18-1-3-19(4-2-18)28-23-13-24(28)16-34-15-23/h1-12,14,23-24,28,34H,13,15-16H2,(H,35,36)/t23-,24+,28?. The van der Waals surface area contributed by atoms with Crippen molar-refractivity contribution in [2.45, 2.75) is 18.5 Å². The third-order valence-electron chi connectivity index (χ3n) is 7.79. The number of carboxylic acid groups (broad SMARTS) is 1. The van der Waals surface area contributed by atoms with Gasteiger partial charge in [0.1, 0.15) is 0 Å². The van der Waals surface area contributed by atoms with Crippen LogP contribution >= 0.6 is 0 Å². The Hall–Kier alpha value is -3.64. The average Bonchev–Trinajstić information content (AvgIpc) is 2.88. The summed E-state index contributed by atoms with van der Waals surface area (Å²) in [5, 5.41) is 14.8. The Labute approximate surface area is 206 Å². The van der Waals surface area contributed by atoms with Gasteiger partial charge in [-0.1, -0.05) is 48.5 Å². The van der Waals surface area contributed by atoms with Gasteiger partial charge in [-0.2, -0.15) is 13.2 Å². The molecule has 1 aliphatic carbocycles. The summed E-state index contributed by atoms with van der Waals surface area (Å²) in [6.07, 6.45) is -3.11. The SMILES string of the molecule is O=C(O)c1cc(-c2ccc(C3[C@@H]4CNC[C@H]3C4)cc2)c2ccc(-c3ccc(C(F)(F)F)cc3)cc2c1. The first-order valence-electron chi connectivity index (χ1n) is 12.1. The predicted octanol–water partition coefficient (Wildman–Crippen LogP) is 7.21. The quantitative estimate of drug-likeness (QED) is 0.320.